The number of carbonyl (C=O) groups excluding carboxylic acids is 1. The maximum Gasteiger partial charge on any atom is 0.324 e. The third-order valence-electron chi connectivity index (χ3n) is 1.86. The minimum absolute atomic E-state index is 0.0444. The molecule has 82 valence electrons. The van der Waals surface area contributed by atoms with E-state index in [-0.39, 0.29) is 11.4 Å². The lowest BCUT2D eigenvalue weighted by atomic mass is 10.1. The summed E-state index contributed by atoms with van der Waals surface area (Å²) in [6.07, 6.45) is 0.211. The molecule has 0 N–H and O–H groups in total. The molecule has 2 nitrogen and oxygen atoms in total. The molecule has 0 heterocycles. The third-order valence-corrected chi connectivity index (χ3v) is 2.49. The highest BCUT2D eigenvalue weighted by Gasteiger charge is 2.16. The molecule has 1 aromatic carbocycles. The average Bonchev–Trinajstić information content (AvgIpc) is 2.22. The fourth-order valence-electron chi connectivity index (χ4n) is 1.08. The van der Waals surface area contributed by atoms with Gasteiger partial charge in [-0.15, -0.1) is 11.6 Å². The van der Waals surface area contributed by atoms with Gasteiger partial charge in [0.15, 0.2) is 0 Å². The van der Waals surface area contributed by atoms with Gasteiger partial charge in [-0.05, 0) is 24.1 Å². The summed E-state index contributed by atoms with van der Waals surface area (Å²) in [5.41, 5.74) is 0.599. The van der Waals surface area contributed by atoms with Crippen molar-refractivity contribution in [2.75, 3.05) is 7.11 Å². The molecule has 0 aliphatic rings. The normalized spacial score (nSPS) is 12.3. The van der Waals surface area contributed by atoms with Gasteiger partial charge in [-0.3, -0.25) is 4.79 Å². The van der Waals surface area contributed by atoms with Crippen molar-refractivity contribution in [2.45, 2.75) is 11.8 Å². The van der Waals surface area contributed by atoms with Gasteiger partial charge < -0.3 is 4.74 Å². The molecule has 0 aromatic heterocycles. The molecule has 0 aliphatic carbocycles. The number of halogens is 3. The number of hydrogen-bond acceptors (Lipinski definition) is 2. The van der Waals surface area contributed by atoms with Crippen molar-refractivity contribution in [1.29, 1.82) is 0 Å². The monoisotopic (exact) mass is 250 g/mol. The van der Waals surface area contributed by atoms with Crippen molar-refractivity contribution >= 4 is 29.2 Å². The fourth-order valence-corrected chi connectivity index (χ4v) is 1.47. The summed E-state index contributed by atoms with van der Waals surface area (Å²) in [5.74, 6) is -1.06. The van der Waals surface area contributed by atoms with Gasteiger partial charge in [0.1, 0.15) is 11.2 Å². The van der Waals surface area contributed by atoms with E-state index in [0.717, 1.165) is 0 Å². The molecular weight excluding hydrogens is 242 g/mol. The molecule has 0 fully saturated rings. The molecule has 1 unspecified atom stereocenters. The Morgan fingerprint density at radius 1 is 1.60 bits per heavy atom. The summed E-state index contributed by atoms with van der Waals surface area (Å²) < 4.78 is 17.5. The zero-order chi connectivity index (χ0) is 11.4. The van der Waals surface area contributed by atoms with Crippen LogP contribution in [0.4, 0.5) is 4.39 Å². The Hall–Kier alpha value is -0.800. The first-order valence-corrected chi connectivity index (χ1v) is 5.02. The molecule has 15 heavy (non-hydrogen) atoms. The minimum atomic E-state index is -0.810. The van der Waals surface area contributed by atoms with Crippen molar-refractivity contribution in [3.63, 3.8) is 0 Å². The number of benzene rings is 1. The van der Waals surface area contributed by atoms with Crippen LogP contribution in [0, 0.1) is 5.82 Å². The first-order valence-electron chi connectivity index (χ1n) is 4.20. The number of carbonyl (C=O) groups is 1. The van der Waals surface area contributed by atoms with Crippen LogP contribution >= 0.6 is 23.2 Å². The molecule has 0 spiro atoms. The Balaban J connectivity index is 2.73. The largest absolute Gasteiger partial charge is 0.468 e. The van der Waals surface area contributed by atoms with E-state index in [9.17, 15) is 9.18 Å². The number of rotatable bonds is 3. The second-order valence-electron chi connectivity index (χ2n) is 2.94. The molecule has 0 radical (unpaired) electrons. The Kier molecular flexibility index (Phi) is 4.36. The maximum absolute atomic E-state index is 13.0. The molecular formula is C10H9Cl2FO2. The summed E-state index contributed by atoms with van der Waals surface area (Å²) >= 11 is 11.2. The standard InChI is InChI=1S/C10H9Cl2FO2/c1-15-10(14)8(12)4-6-2-3-7(11)9(13)5-6/h2-3,5,8H,4H2,1H3. The quantitative estimate of drug-likeness (QED) is 0.609. The summed E-state index contributed by atoms with van der Waals surface area (Å²) in [6.45, 7) is 0. The number of alkyl halides is 1. The predicted octanol–water partition coefficient (Wildman–Crippen LogP) is 2.80. The van der Waals surface area contributed by atoms with Gasteiger partial charge in [0.25, 0.3) is 0 Å². The first-order chi connectivity index (χ1) is 7.04. The van der Waals surface area contributed by atoms with Crippen LogP contribution in [0.2, 0.25) is 5.02 Å². The van der Waals surface area contributed by atoms with Gasteiger partial charge in [0, 0.05) is 0 Å². The van der Waals surface area contributed by atoms with Crippen molar-refractivity contribution in [2.24, 2.45) is 0 Å². The molecule has 0 amide bonds. The van der Waals surface area contributed by atoms with E-state index in [0.29, 0.717) is 5.56 Å². The third kappa shape index (κ3) is 3.36. The van der Waals surface area contributed by atoms with Crippen molar-refractivity contribution < 1.29 is 13.9 Å². The van der Waals surface area contributed by atoms with E-state index >= 15 is 0 Å². The van der Waals surface area contributed by atoms with Crippen LogP contribution in [0.3, 0.4) is 0 Å². The lowest BCUT2D eigenvalue weighted by molar-refractivity contribution is -0.140. The smallest absolute Gasteiger partial charge is 0.324 e. The van der Waals surface area contributed by atoms with Crippen LogP contribution in [-0.4, -0.2) is 18.5 Å². The van der Waals surface area contributed by atoms with E-state index in [1.165, 1.54) is 19.2 Å². The zero-order valence-corrected chi connectivity index (χ0v) is 9.48. The van der Waals surface area contributed by atoms with E-state index in [4.69, 9.17) is 23.2 Å². The molecule has 0 aliphatic heterocycles. The zero-order valence-electron chi connectivity index (χ0n) is 7.97. The molecule has 0 bridgehead atoms. The van der Waals surface area contributed by atoms with Gasteiger partial charge in [-0.2, -0.15) is 0 Å². The topological polar surface area (TPSA) is 26.3 Å². The number of ether oxygens (including phenoxy) is 1. The highest BCUT2D eigenvalue weighted by Crippen LogP contribution is 2.17. The van der Waals surface area contributed by atoms with Crippen molar-refractivity contribution in [1.82, 2.24) is 0 Å². The van der Waals surface area contributed by atoms with E-state index in [1.807, 2.05) is 0 Å². The molecule has 1 atom stereocenters. The second kappa shape index (κ2) is 5.33. The molecule has 0 saturated heterocycles. The number of hydrogen-bond donors (Lipinski definition) is 0. The Morgan fingerprint density at radius 3 is 2.80 bits per heavy atom. The average molecular weight is 251 g/mol. The van der Waals surface area contributed by atoms with Crippen LogP contribution in [0.15, 0.2) is 18.2 Å². The SMILES string of the molecule is COC(=O)C(Cl)Cc1ccc(Cl)c(F)c1. The Labute approximate surface area is 96.9 Å². The van der Waals surface area contributed by atoms with Gasteiger partial charge in [0.2, 0.25) is 0 Å². The van der Waals surface area contributed by atoms with E-state index in [2.05, 4.69) is 4.74 Å². The first kappa shape index (κ1) is 12.3. The Bertz CT molecular complexity index is 368. The van der Waals surface area contributed by atoms with Crippen LogP contribution in [0.5, 0.6) is 0 Å². The van der Waals surface area contributed by atoms with Crippen LogP contribution in [0.25, 0.3) is 0 Å². The lowest BCUT2D eigenvalue weighted by Crippen LogP contribution is -2.18. The highest BCUT2D eigenvalue weighted by molar-refractivity contribution is 6.31. The second-order valence-corrected chi connectivity index (χ2v) is 3.88. The fraction of sp³-hybridized carbons (Fsp3) is 0.300. The van der Waals surface area contributed by atoms with Crippen molar-refractivity contribution in [3.05, 3.63) is 34.6 Å². The van der Waals surface area contributed by atoms with Gasteiger partial charge in [-0.25, -0.2) is 4.39 Å². The number of esters is 1. The predicted molar refractivity (Wildman–Crippen MR) is 56.8 cm³/mol. The van der Waals surface area contributed by atoms with E-state index in [1.54, 1.807) is 6.07 Å². The van der Waals surface area contributed by atoms with Crippen LogP contribution < -0.4 is 0 Å². The lowest BCUT2D eigenvalue weighted by Gasteiger charge is -2.07. The van der Waals surface area contributed by atoms with Crippen LogP contribution in [0.1, 0.15) is 5.56 Å². The summed E-state index contributed by atoms with van der Waals surface area (Å²) in [5, 5.41) is -0.765. The van der Waals surface area contributed by atoms with Crippen LogP contribution in [-0.2, 0) is 16.0 Å². The van der Waals surface area contributed by atoms with Crippen molar-refractivity contribution in [3.8, 4) is 0 Å². The summed E-state index contributed by atoms with van der Waals surface area (Å²) in [7, 11) is 1.25. The Morgan fingerprint density at radius 2 is 2.27 bits per heavy atom. The highest BCUT2D eigenvalue weighted by atomic mass is 35.5. The van der Waals surface area contributed by atoms with Gasteiger partial charge >= 0.3 is 5.97 Å². The summed E-state index contributed by atoms with van der Waals surface area (Å²) in [4.78, 5) is 11.0. The van der Waals surface area contributed by atoms with Gasteiger partial charge in [0.05, 0.1) is 12.1 Å². The molecule has 5 heteroatoms. The number of methoxy groups -OCH3 is 1. The molecule has 1 rings (SSSR count). The maximum atomic E-state index is 13.0. The molecule has 1 aromatic rings. The summed E-state index contributed by atoms with van der Waals surface area (Å²) in [6, 6.07) is 4.29. The molecule has 0 saturated carbocycles. The minimum Gasteiger partial charge on any atom is -0.468 e. The van der Waals surface area contributed by atoms with E-state index < -0.39 is 17.2 Å². The van der Waals surface area contributed by atoms with Gasteiger partial charge in [-0.1, -0.05) is 17.7 Å².